The first-order valence-corrected chi connectivity index (χ1v) is 9.16. The highest BCUT2D eigenvalue weighted by atomic mass is 35.5. The molecule has 0 aliphatic rings. The summed E-state index contributed by atoms with van der Waals surface area (Å²) < 4.78 is 63.8. The molecule has 1 aromatic carbocycles. The van der Waals surface area contributed by atoms with Gasteiger partial charge in [0.1, 0.15) is 17.3 Å². The van der Waals surface area contributed by atoms with Crippen molar-refractivity contribution in [2.24, 2.45) is 7.05 Å². The SMILES string of the molecule is COC(=O)Cn1nnc(COc2cc(-n3c(=O)cc(C(F)(F)F)n(C)c3=O)c(F)cc2Cl)n1. The third-order valence-electron chi connectivity index (χ3n) is 4.20. The third kappa shape index (κ3) is 5.02. The fourth-order valence-corrected chi connectivity index (χ4v) is 2.85. The molecular formula is C17H13ClF4N6O5. The van der Waals surface area contributed by atoms with Crippen LogP contribution in [0, 0.1) is 5.82 Å². The Labute approximate surface area is 185 Å². The van der Waals surface area contributed by atoms with Crippen LogP contribution in [0.5, 0.6) is 5.75 Å². The van der Waals surface area contributed by atoms with Crippen LogP contribution in [0.3, 0.4) is 0 Å². The van der Waals surface area contributed by atoms with Gasteiger partial charge in [-0.15, -0.1) is 10.2 Å². The molecule has 0 fully saturated rings. The van der Waals surface area contributed by atoms with Gasteiger partial charge in [0.15, 0.2) is 13.2 Å². The Balaban J connectivity index is 1.95. The van der Waals surface area contributed by atoms with Crippen molar-refractivity contribution in [2.75, 3.05) is 7.11 Å². The van der Waals surface area contributed by atoms with E-state index in [2.05, 4.69) is 20.1 Å². The molecule has 0 saturated heterocycles. The standard InChI is InChI=1S/C17H13ClF4N6O5/c1-26-12(17(20,21)22)5-14(29)28(16(26)31)10-4-11(8(18)3-9(10)19)33-7-13-23-25-27(24-13)6-15(30)32-2/h3-5H,6-7H2,1-2H3. The van der Waals surface area contributed by atoms with E-state index in [9.17, 15) is 31.9 Å². The van der Waals surface area contributed by atoms with Crippen molar-refractivity contribution >= 4 is 17.6 Å². The summed E-state index contributed by atoms with van der Waals surface area (Å²) in [6, 6.07) is 1.75. The average Bonchev–Trinajstić information content (AvgIpc) is 3.17. The molecule has 0 unspecified atom stereocenters. The van der Waals surface area contributed by atoms with Gasteiger partial charge in [-0.3, -0.25) is 9.36 Å². The Hall–Kier alpha value is -3.75. The van der Waals surface area contributed by atoms with Crippen LogP contribution >= 0.6 is 11.6 Å². The predicted molar refractivity (Wildman–Crippen MR) is 101 cm³/mol. The molecule has 0 amide bonds. The number of halogens is 5. The van der Waals surface area contributed by atoms with Crippen LogP contribution in [-0.2, 0) is 35.9 Å². The molecule has 0 bridgehead atoms. The van der Waals surface area contributed by atoms with Crippen molar-refractivity contribution in [3.8, 4) is 11.4 Å². The van der Waals surface area contributed by atoms with Crippen LogP contribution in [0.1, 0.15) is 11.5 Å². The summed E-state index contributed by atoms with van der Waals surface area (Å²) in [4.78, 5) is 36.8. The molecule has 0 spiro atoms. The molecule has 0 aliphatic heterocycles. The van der Waals surface area contributed by atoms with Gasteiger partial charge in [-0.2, -0.15) is 18.0 Å². The van der Waals surface area contributed by atoms with Crippen LogP contribution in [0.2, 0.25) is 5.02 Å². The number of hydrogen-bond donors (Lipinski definition) is 0. The number of carbonyl (C=O) groups excluding carboxylic acids is 1. The minimum atomic E-state index is -4.97. The largest absolute Gasteiger partial charge is 0.484 e. The Kier molecular flexibility index (Phi) is 6.53. The Bertz CT molecular complexity index is 1330. The van der Waals surface area contributed by atoms with Gasteiger partial charge in [0.25, 0.3) is 5.56 Å². The van der Waals surface area contributed by atoms with Crippen molar-refractivity contribution in [3.05, 3.63) is 61.4 Å². The van der Waals surface area contributed by atoms with Gasteiger partial charge in [-0.05, 0) is 11.3 Å². The predicted octanol–water partition coefficient (Wildman–Crippen LogP) is 1.09. The number of tetrazole rings is 1. The molecule has 0 N–H and O–H groups in total. The molecular weight excluding hydrogens is 480 g/mol. The fraction of sp³-hybridized carbons (Fsp3) is 0.294. The molecule has 11 nitrogen and oxygen atoms in total. The number of ether oxygens (including phenoxy) is 2. The van der Waals surface area contributed by atoms with Crippen molar-refractivity contribution in [2.45, 2.75) is 19.3 Å². The first-order chi connectivity index (χ1) is 15.4. The Morgan fingerprint density at radius 3 is 2.55 bits per heavy atom. The number of aromatic nitrogens is 6. The number of benzene rings is 1. The summed E-state index contributed by atoms with van der Waals surface area (Å²) >= 11 is 5.94. The van der Waals surface area contributed by atoms with Crippen molar-refractivity contribution in [3.63, 3.8) is 0 Å². The van der Waals surface area contributed by atoms with Gasteiger partial charge in [0, 0.05) is 19.2 Å². The molecule has 2 heterocycles. The molecule has 33 heavy (non-hydrogen) atoms. The zero-order chi connectivity index (χ0) is 24.5. The molecule has 3 rings (SSSR count). The number of methoxy groups -OCH3 is 1. The maximum absolute atomic E-state index is 14.5. The monoisotopic (exact) mass is 492 g/mol. The molecule has 3 aromatic rings. The van der Waals surface area contributed by atoms with E-state index < -0.39 is 40.6 Å². The first-order valence-electron chi connectivity index (χ1n) is 8.78. The highest BCUT2D eigenvalue weighted by molar-refractivity contribution is 6.32. The average molecular weight is 493 g/mol. The molecule has 16 heteroatoms. The van der Waals surface area contributed by atoms with E-state index in [0.717, 1.165) is 24.0 Å². The van der Waals surface area contributed by atoms with Crippen LogP contribution in [-0.4, -0.2) is 42.4 Å². The van der Waals surface area contributed by atoms with Crippen LogP contribution in [0.15, 0.2) is 27.8 Å². The summed E-state index contributed by atoms with van der Waals surface area (Å²) in [6.07, 6.45) is -4.97. The van der Waals surface area contributed by atoms with Crippen LogP contribution < -0.4 is 16.0 Å². The summed E-state index contributed by atoms with van der Waals surface area (Å²) in [5, 5.41) is 10.8. The van der Waals surface area contributed by atoms with Gasteiger partial charge in [-0.1, -0.05) is 11.6 Å². The maximum Gasteiger partial charge on any atom is 0.431 e. The van der Waals surface area contributed by atoms with Crippen molar-refractivity contribution in [1.29, 1.82) is 0 Å². The zero-order valence-electron chi connectivity index (χ0n) is 16.8. The number of esters is 1. The van der Waals surface area contributed by atoms with E-state index in [-0.39, 0.29) is 44.9 Å². The second-order valence-corrected chi connectivity index (χ2v) is 6.78. The first kappa shape index (κ1) is 23.9. The van der Waals surface area contributed by atoms with E-state index in [1.807, 2.05) is 0 Å². The van der Waals surface area contributed by atoms with Crippen LogP contribution in [0.25, 0.3) is 5.69 Å². The highest BCUT2D eigenvalue weighted by Gasteiger charge is 2.35. The summed E-state index contributed by atoms with van der Waals surface area (Å²) in [7, 11) is 1.96. The summed E-state index contributed by atoms with van der Waals surface area (Å²) in [6.45, 7) is -0.684. The summed E-state index contributed by atoms with van der Waals surface area (Å²) in [5.41, 5.74) is -5.03. The molecule has 0 saturated carbocycles. The number of nitrogens with zero attached hydrogens (tertiary/aromatic N) is 6. The summed E-state index contributed by atoms with van der Waals surface area (Å²) in [5.74, 6) is -2.03. The lowest BCUT2D eigenvalue weighted by Gasteiger charge is -2.15. The normalized spacial score (nSPS) is 11.5. The van der Waals surface area contributed by atoms with E-state index >= 15 is 0 Å². The lowest BCUT2D eigenvalue weighted by atomic mass is 10.2. The topological polar surface area (TPSA) is 123 Å². The Morgan fingerprint density at radius 2 is 1.91 bits per heavy atom. The number of hydrogen-bond acceptors (Lipinski definition) is 8. The van der Waals surface area contributed by atoms with Gasteiger partial charge < -0.3 is 9.47 Å². The van der Waals surface area contributed by atoms with Crippen molar-refractivity contribution < 1.29 is 31.8 Å². The molecule has 0 radical (unpaired) electrons. The Morgan fingerprint density at radius 1 is 1.21 bits per heavy atom. The quantitative estimate of drug-likeness (QED) is 0.370. The van der Waals surface area contributed by atoms with Gasteiger partial charge in [-0.25, -0.2) is 18.5 Å². The molecule has 2 aromatic heterocycles. The smallest absolute Gasteiger partial charge is 0.431 e. The second-order valence-electron chi connectivity index (χ2n) is 6.38. The zero-order valence-corrected chi connectivity index (χ0v) is 17.5. The highest BCUT2D eigenvalue weighted by Crippen LogP contribution is 2.30. The van der Waals surface area contributed by atoms with Crippen LogP contribution in [0.4, 0.5) is 17.6 Å². The second kappa shape index (κ2) is 9.01. The number of carbonyl (C=O) groups is 1. The van der Waals surface area contributed by atoms with Gasteiger partial charge in [0.05, 0.1) is 17.8 Å². The lowest BCUT2D eigenvalue weighted by molar-refractivity contribution is -0.144. The van der Waals surface area contributed by atoms with E-state index in [1.54, 1.807) is 0 Å². The number of rotatable bonds is 6. The molecule has 0 aliphatic carbocycles. The minimum Gasteiger partial charge on any atom is -0.484 e. The van der Waals surface area contributed by atoms with E-state index in [1.165, 1.54) is 7.11 Å². The van der Waals surface area contributed by atoms with Crippen molar-refractivity contribution in [1.82, 2.24) is 29.3 Å². The van der Waals surface area contributed by atoms with E-state index in [4.69, 9.17) is 16.3 Å². The third-order valence-corrected chi connectivity index (χ3v) is 4.50. The number of alkyl halides is 3. The lowest BCUT2D eigenvalue weighted by Crippen LogP contribution is -2.41. The van der Waals surface area contributed by atoms with E-state index in [0.29, 0.717) is 0 Å². The fourth-order valence-electron chi connectivity index (χ4n) is 2.64. The molecule has 176 valence electrons. The maximum atomic E-state index is 14.5. The van der Waals surface area contributed by atoms with Gasteiger partial charge in [0.2, 0.25) is 5.82 Å². The molecule has 0 atom stereocenters. The minimum absolute atomic E-state index is 0.0107. The van der Waals surface area contributed by atoms with Gasteiger partial charge >= 0.3 is 17.8 Å².